The molecular weight excluding hydrogens is 617 g/mol. The van der Waals surface area contributed by atoms with Gasteiger partial charge < -0.3 is 14.3 Å². The fourth-order valence-electron chi connectivity index (χ4n) is 4.57. The Morgan fingerprint density at radius 3 is 2.35 bits per heavy atom. The van der Waals surface area contributed by atoms with Crippen LogP contribution in [0.5, 0.6) is 11.5 Å². The monoisotopic (exact) mass is 642 g/mol. The maximum absolute atomic E-state index is 15.2. The van der Waals surface area contributed by atoms with Gasteiger partial charge in [0.1, 0.15) is 23.4 Å². The van der Waals surface area contributed by atoms with Crippen LogP contribution < -0.4 is 9.47 Å². The van der Waals surface area contributed by atoms with Gasteiger partial charge in [0.2, 0.25) is 0 Å². The van der Waals surface area contributed by atoms with Gasteiger partial charge in [0.15, 0.2) is 0 Å². The number of hydrogen-bond donors (Lipinski definition) is 0. The third-order valence-corrected chi connectivity index (χ3v) is 7.35. The van der Waals surface area contributed by atoms with Gasteiger partial charge in [0.25, 0.3) is 10.0 Å². The van der Waals surface area contributed by atoms with E-state index in [1.807, 2.05) is 4.90 Å². The Kier molecular flexibility index (Phi) is 9.16. The number of carbonyl (C=O) groups excluding carboxylic acids is 2. The molecule has 2 fully saturated rings. The molecule has 2 aromatic rings. The second-order valence-electron chi connectivity index (χ2n) is 10.1. The van der Waals surface area contributed by atoms with Gasteiger partial charge in [-0.15, -0.1) is 13.2 Å². The molecule has 0 N–H and O–H groups in total. The second kappa shape index (κ2) is 12.2. The van der Waals surface area contributed by atoms with E-state index in [4.69, 9.17) is 4.74 Å². The predicted octanol–water partition coefficient (Wildman–Crippen LogP) is 5.07. The summed E-state index contributed by atoms with van der Waals surface area (Å²) >= 11 is 0. The highest BCUT2D eigenvalue weighted by molar-refractivity contribution is 7.88. The molecule has 1 saturated heterocycles. The zero-order valence-electron chi connectivity index (χ0n) is 22.4. The molecule has 0 unspecified atom stereocenters. The first-order valence-electron chi connectivity index (χ1n) is 12.8. The molecule has 2 aromatic carbocycles. The number of likely N-dealkylation sites (tertiary alicyclic amines) is 1. The van der Waals surface area contributed by atoms with Crippen molar-refractivity contribution in [2.75, 3.05) is 19.3 Å². The van der Waals surface area contributed by atoms with E-state index in [0.29, 0.717) is 56.2 Å². The predicted molar refractivity (Wildman–Crippen MR) is 134 cm³/mol. The second-order valence-corrected chi connectivity index (χ2v) is 11.9. The summed E-state index contributed by atoms with van der Waals surface area (Å²) in [6.45, 7) is 1.18. The molecule has 236 valence electrons. The first-order chi connectivity index (χ1) is 19.9. The number of sulfonamides is 1. The fraction of sp³-hybridized carbons (Fsp3) is 0.462. The van der Waals surface area contributed by atoms with Crippen LogP contribution in [0.2, 0.25) is 0 Å². The summed E-state index contributed by atoms with van der Waals surface area (Å²) in [6, 6.07) is 7.30. The smallest absolute Gasteiger partial charge is 0.489 e. The minimum atomic E-state index is -5.63. The molecule has 43 heavy (non-hydrogen) atoms. The maximum atomic E-state index is 15.2. The lowest BCUT2D eigenvalue weighted by atomic mass is 10.0. The average Bonchev–Trinajstić information content (AvgIpc) is 3.70. The van der Waals surface area contributed by atoms with Crippen LogP contribution in [0.25, 0.3) is 0 Å². The van der Waals surface area contributed by atoms with Crippen molar-refractivity contribution < 1.29 is 63.1 Å². The average molecular weight is 643 g/mol. The highest BCUT2D eigenvalue weighted by atomic mass is 32.2. The van der Waals surface area contributed by atoms with Gasteiger partial charge in [-0.1, -0.05) is 16.6 Å². The zero-order valence-corrected chi connectivity index (χ0v) is 23.2. The van der Waals surface area contributed by atoms with Gasteiger partial charge in [-0.25, -0.2) is 17.6 Å². The van der Waals surface area contributed by atoms with Crippen molar-refractivity contribution in [3.8, 4) is 11.5 Å². The molecule has 0 aromatic heterocycles. The molecule has 0 bridgehead atoms. The van der Waals surface area contributed by atoms with Crippen LogP contribution in [0.4, 0.5) is 30.7 Å². The van der Waals surface area contributed by atoms with Crippen LogP contribution in [0.3, 0.4) is 0 Å². The number of ether oxygens (including phenoxy) is 2. The number of halogens is 7. The largest absolute Gasteiger partial charge is 0.573 e. The molecule has 1 amide bonds. The Bertz CT molecular complexity index is 1480. The normalized spacial score (nSPS) is 18.2. The zero-order chi connectivity index (χ0) is 31.7. The van der Waals surface area contributed by atoms with E-state index >= 15 is 4.39 Å². The van der Waals surface area contributed by atoms with Gasteiger partial charge in [-0.3, -0.25) is 9.69 Å². The Morgan fingerprint density at radius 2 is 1.74 bits per heavy atom. The number of hydrogen-bond acceptors (Lipinski definition) is 8. The highest BCUT2D eigenvalue weighted by Crippen LogP contribution is 2.46. The van der Waals surface area contributed by atoms with Crippen LogP contribution in [-0.2, 0) is 26.2 Å². The molecule has 0 spiro atoms. The lowest BCUT2D eigenvalue weighted by molar-refractivity contribution is -0.274. The van der Waals surface area contributed by atoms with Crippen molar-refractivity contribution >= 4 is 21.9 Å². The SMILES string of the molecule is CS(=O)(=O)N(OC(=O)C(F)(F)F)C(=O)c1cc(C2CC2)c(O[C@@H]2CCCN(Cc3cccc(OC(F)(F)F)c3)C2)cc1F. The minimum absolute atomic E-state index is 0.0437. The number of alkyl halides is 6. The van der Waals surface area contributed by atoms with Crippen molar-refractivity contribution in [3.05, 3.63) is 58.9 Å². The number of benzene rings is 2. The molecular formula is C26H25F7N2O7S. The number of rotatable bonds is 8. The minimum Gasteiger partial charge on any atom is -0.489 e. The molecule has 17 heteroatoms. The lowest BCUT2D eigenvalue weighted by Gasteiger charge is -2.33. The van der Waals surface area contributed by atoms with E-state index in [0.717, 1.165) is 12.1 Å². The number of carbonyl (C=O) groups is 2. The number of hydroxylamine groups is 1. The first kappa shape index (κ1) is 32.3. The third kappa shape index (κ3) is 8.72. The van der Waals surface area contributed by atoms with Crippen LogP contribution in [0, 0.1) is 5.82 Å². The van der Waals surface area contributed by atoms with Gasteiger partial charge in [-0.2, -0.15) is 13.2 Å². The Morgan fingerprint density at radius 1 is 1.05 bits per heavy atom. The van der Waals surface area contributed by atoms with Crippen LogP contribution >= 0.6 is 0 Å². The van der Waals surface area contributed by atoms with E-state index in [-0.39, 0.29) is 24.0 Å². The van der Waals surface area contributed by atoms with Gasteiger partial charge >= 0.3 is 24.4 Å². The summed E-state index contributed by atoms with van der Waals surface area (Å²) in [5.41, 5.74) is -0.0769. The number of piperidine rings is 1. The maximum Gasteiger partial charge on any atom is 0.573 e. The van der Waals surface area contributed by atoms with Crippen molar-refractivity contribution in [2.45, 2.75) is 56.8 Å². The summed E-state index contributed by atoms with van der Waals surface area (Å²) in [4.78, 5) is 29.8. The van der Waals surface area contributed by atoms with Crippen molar-refractivity contribution in [1.29, 1.82) is 0 Å². The molecule has 0 radical (unpaired) electrons. The molecule has 9 nitrogen and oxygen atoms in total. The quantitative estimate of drug-likeness (QED) is 0.291. The topological polar surface area (TPSA) is 102 Å². The van der Waals surface area contributed by atoms with Gasteiger partial charge in [0, 0.05) is 19.2 Å². The van der Waals surface area contributed by atoms with E-state index in [1.165, 1.54) is 18.2 Å². The molecule has 1 heterocycles. The Balaban J connectivity index is 1.51. The molecule has 1 aliphatic heterocycles. The number of amides is 1. The summed E-state index contributed by atoms with van der Waals surface area (Å²) in [5, 5.41) is 0. The van der Waals surface area contributed by atoms with Crippen molar-refractivity contribution in [3.63, 3.8) is 0 Å². The fourth-order valence-corrected chi connectivity index (χ4v) is 5.17. The van der Waals surface area contributed by atoms with Crippen LogP contribution in [0.1, 0.15) is 53.1 Å². The molecule has 4 rings (SSSR count). The van der Waals surface area contributed by atoms with Gasteiger partial charge in [0.05, 0.1) is 11.8 Å². The van der Waals surface area contributed by atoms with Gasteiger partial charge in [-0.05, 0) is 67.5 Å². The number of nitrogens with zero attached hydrogens (tertiary/aromatic N) is 2. The van der Waals surface area contributed by atoms with Crippen LogP contribution in [0.15, 0.2) is 36.4 Å². The van der Waals surface area contributed by atoms with E-state index in [1.54, 1.807) is 6.07 Å². The summed E-state index contributed by atoms with van der Waals surface area (Å²) in [7, 11) is -4.90. The molecule has 1 aliphatic carbocycles. The van der Waals surface area contributed by atoms with E-state index in [9.17, 15) is 44.3 Å². The third-order valence-electron chi connectivity index (χ3n) is 6.51. The molecule has 1 atom stereocenters. The van der Waals surface area contributed by atoms with E-state index < -0.39 is 56.4 Å². The summed E-state index contributed by atoms with van der Waals surface area (Å²) in [6.07, 6.45) is -8.27. The molecule has 2 aliphatic rings. The standard InChI is InChI=1S/C26H25F7N2O7S/c1-43(38,39)35(42-24(37)25(28,29)30)23(36)20-11-19(16-7-8-16)22(12-21(20)27)40-18-6-3-9-34(14-18)13-15-4-2-5-17(10-15)41-26(31,32)33/h2,4-5,10-12,16,18H,3,6-9,13-14H2,1H3/t18-/m1/s1. The highest BCUT2D eigenvalue weighted by Gasteiger charge is 2.46. The van der Waals surface area contributed by atoms with E-state index in [2.05, 4.69) is 9.57 Å². The summed E-state index contributed by atoms with van der Waals surface area (Å²) < 4.78 is 124. The lowest BCUT2D eigenvalue weighted by Crippen LogP contribution is -2.42. The summed E-state index contributed by atoms with van der Waals surface area (Å²) in [5.74, 6) is -6.68. The molecule has 1 saturated carbocycles. The van der Waals surface area contributed by atoms with Crippen molar-refractivity contribution in [2.24, 2.45) is 0 Å². The Hall–Kier alpha value is -3.60. The van der Waals surface area contributed by atoms with Crippen molar-refractivity contribution in [1.82, 2.24) is 9.37 Å². The van der Waals surface area contributed by atoms with Crippen LogP contribution in [-0.4, -0.2) is 67.7 Å². The first-order valence-corrected chi connectivity index (χ1v) is 14.7. The Labute approximate surface area is 241 Å².